The highest BCUT2D eigenvalue weighted by Gasteiger charge is 2.41. The molecule has 0 aromatic carbocycles. The van der Waals surface area contributed by atoms with Gasteiger partial charge in [0, 0.05) is 32.5 Å². The van der Waals surface area contributed by atoms with E-state index in [4.69, 9.17) is 19.9 Å². The van der Waals surface area contributed by atoms with Gasteiger partial charge in [-0.1, -0.05) is 0 Å². The lowest BCUT2D eigenvalue weighted by molar-refractivity contribution is -0.150. The van der Waals surface area contributed by atoms with Crippen LogP contribution in [0.4, 0.5) is 0 Å². The zero-order chi connectivity index (χ0) is 13.1. The molecule has 1 spiro atoms. The van der Waals surface area contributed by atoms with Gasteiger partial charge in [-0.3, -0.25) is 0 Å². The van der Waals surface area contributed by atoms with Gasteiger partial charge in [-0.25, -0.2) is 0 Å². The third-order valence-electron chi connectivity index (χ3n) is 5.10. The summed E-state index contributed by atoms with van der Waals surface area (Å²) in [5.41, 5.74) is 6.52. The van der Waals surface area contributed by atoms with Crippen molar-refractivity contribution in [2.24, 2.45) is 11.7 Å². The van der Waals surface area contributed by atoms with E-state index in [2.05, 4.69) is 0 Å². The zero-order valence-corrected chi connectivity index (χ0v) is 11.8. The minimum atomic E-state index is 0.0648. The van der Waals surface area contributed by atoms with Crippen LogP contribution in [0.15, 0.2) is 0 Å². The Kier molecular flexibility index (Phi) is 4.42. The van der Waals surface area contributed by atoms with Crippen molar-refractivity contribution in [3.63, 3.8) is 0 Å². The summed E-state index contributed by atoms with van der Waals surface area (Å²) in [6.07, 6.45) is 8.12. The van der Waals surface area contributed by atoms with Crippen molar-refractivity contribution in [1.82, 2.24) is 0 Å². The lowest BCUT2D eigenvalue weighted by Gasteiger charge is -2.45. The van der Waals surface area contributed by atoms with Gasteiger partial charge in [0.1, 0.15) is 0 Å². The fourth-order valence-electron chi connectivity index (χ4n) is 3.85. The second-order valence-electron chi connectivity index (χ2n) is 6.43. The van der Waals surface area contributed by atoms with E-state index in [1.54, 1.807) is 0 Å². The normalized spacial score (nSPS) is 36.5. The van der Waals surface area contributed by atoms with Gasteiger partial charge in [-0.15, -0.1) is 0 Å². The molecule has 0 radical (unpaired) electrons. The van der Waals surface area contributed by atoms with E-state index in [0.717, 1.165) is 58.5 Å². The molecule has 3 fully saturated rings. The van der Waals surface area contributed by atoms with Gasteiger partial charge in [-0.2, -0.15) is 0 Å². The van der Waals surface area contributed by atoms with Crippen LogP contribution in [-0.2, 0) is 14.2 Å². The topological polar surface area (TPSA) is 53.7 Å². The van der Waals surface area contributed by atoms with Gasteiger partial charge in [0.15, 0.2) is 0 Å². The predicted molar refractivity (Wildman–Crippen MR) is 73.0 cm³/mol. The van der Waals surface area contributed by atoms with Crippen LogP contribution in [-0.4, -0.2) is 44.2 Å². The average molecular weight is 269 g/mol. The monoisotopic (exact) mass is 269 g/mol. The van der Waals surface area contributed by atoms with E-state index in [0.29, 0.717) is 12.0 Å². The Balaban J connectivity index is 1.54. The molecule has 19 heavy (non-hydrogen) atoms. The Labute approximate surface area is 116 Å². The second-order valence-corrected chi connectivity index (χ2v) is 6.43. The number of hydrogen-bond donors (Lipinski definition) is 1. The fraction of sp³-hybridized carbons (Fsp3) is 1.00. The van der Waals surface area contributed by atoms with Gasteiger partial charge in [0.2, 0.25) is 0 Å². The van der Waals surface area contributed by atoms with Crippen LogP contribution in [0.2, 0.25) is 0 Å². The van der Waals surface area contributed by atoms with Gasteiger partial charge < -0.3 is 19.9 Å². The maximum absolute atomic E-state index is 6.45. The predicted octanol–water partition coefficient (Wildman–Crippen LogP) is 1.86. The van der Waals surface area contributed by atoms with Crippen LogP contribution in [0.3, 0.4) is 0 Å². The van der Waals surface area contributed by atoms with Gasteiger partial charge >= 0.3 is 0 Å². The van der Waals surface area contributed by atoms with E-state index in [1.165, 1.54) is 12.8 Å². The van der Waals surface area contributed by atoms with Crippen molar-refractivity contribution < 1.29 is 14.2 Å². The van der Waals surface area contributed by atoms with Crippen LogP contribution in [0, 0.1) is 5.92 Å². The number of nitrogens with two attached hydrogens (primary N) is 1. The summed E-state index contributed by atoms with van der Waals surface area (Å²) >= 11 is 0. The molecule has 110 valence electrons. The Morgan fingerprint density at radius 3 is 2.68 bits per heavy atom. The third kappa shape index (κ3) is 3.30. The fourth-order valence-corrected chi connectivity index (χ4v) is 3.85. The highest BCUT2D eigenvalue weighted by molar-refractivity contribution is 4.92. The first-order valence-corrected chi connectivity index (χ1v) is 7.86. The zero-order valence-electron chi connectivity index (χ0n) is 11.8. The number of hydrogen-bond acceptors (Lipinski definition) is 4. The Morgan fingerprint density at radius 1 is 1.11 bits per heavy atom. The molecule has 0 aliphatic carbocycles. The summed E-state index contributed by atoms with van der Waals surface area (Å²) in [5.74, 6) is 0.594. The van der Waals surface area contributed by atoms with Crippen molar-refractivity contribution in [2.45, 2.75) is 62.7 Å². The molecular weight excluding hydrogens is 242 g/mol. The Bertz CT molecular complexity index is 280. The minimum absolute atomic E-state index is 0.0648. The van der Waals surface area contributed by atoms with Crippen molar-refractivity contribution in [3.8, 4) is 0 Å². The molecule has 0 saturated carbocycles. The molecule has 3 aliphatic rings. The van der Waals surface area contributed by atoms with Gasteiger partial charge in [-0.05, 0) is 50.9 Å². The van der Waals surface area contributed by atoms with Crippen molar-refractivity contribution in [3.05, 3.63) is 0 Å². The van der Waals surface area contributed by atoms with E-state index in [-0.39, 0.29) is 11.6 Å². The highest BCUT2D eigenvalue weighted by Crippen LogP contribution is 2.38. The smallest absolute Gasteiger partial charge is 0.0729 e. The van der Waals surface area contributed by atoms with Crippen LogP contribution >= 0.6 is 0 Å². The summed E-state index contributed by atoms with van der Waals surface area (Å²) in [4.78, 5) is 0. The van der Waals surface area contributed by atoms with Crippen molar-refractivity contribution in [1.29, 1.82) is 0 Å². The summed E-state index contributed by atoms with van der Waals surface area (Å²) in [7, 11) is 0. The largest absolute Gasteiger partial charge is 0.381 e. The molecule has 0 aromatic rings. The Hall–Kier alpha value is -0.160. The molecule has 4 heteroatoms. The molecule has 3 atom stereocenters. The maximum atomic E-state index is 6.45. The summed E-state index contributed by atoms with van der Waals surface area (Å²) in [6, 6.07) is 0.270. The van der Waals surface area contributed by atoms with Gasteiger partial charge in [0.25, 0.3) is 0 Å². The van der Waals surface area contributed by atoms with Crippen molar-refractivity contribution in [2.75, 3.05) is 26.4 Å². The molecule has 3 heterocycles. The van der Waals surface area contributed by atoms with E-state index >= 15 is 0 Å². The van der Waals surface area contributed by atoms with Crippen LogP contribution in [0.5, 0.6) is 0 Å². The SMILES string of the molecule is NC(CC1CCCO1)C1CCOC2(CCOCC2)C1. The summed E-state index contributed by atoms with van der Waals surface area (Å²) in [5, 5.41) is 0. The lowest BCUT2D eigenvalue weighted by Crippen LogP contribution is -2.48. The molecule has 3 unspecified atom stereocenters. The van der Waals surface area contributed by atoms with Crippen LogP contribution in [0.1, 0.15) is 44.9 Å². The molecule has 0 bridgehead atoms. The van der Waals surface area contributed by atoms with Crippen LogP contribution in [0.25, 0.3) is 0 Å². The molecule has 3 saturated heterocycles. The van der Waals surface area contributed by atoms with Gasteiger partial charge in [0.05, 0.1) is 11.7 Å². The number of ether oxygens (including phenoxy) is 3. The molecule has 3 aliphatic heterocycles. The Morgan fingerprint density at radius 2 is 1.95 bits per heavy atom. The van der Waals surface area contributed by atoms with Crippen LogP contribution < -0.4 is 5.73 Å². The van der Waals surface area contributed by atoms with E-state index < -0.39 is 0 Å². The molecule has 0 aromatic heterocycles. The standard InChI is InChI=1S/C15H27NO3/c16-14(10-13-2-1-6-18-13)12-3-7-19-15(11-12)4-8-17-9-5-15/h12-14H,1-11,16H2. The van der Waals surface area contributed by atoms with Crippen molar-refractivity contribution >= 4 is 0 Å². The molecule has 2 N–H and O–H groups in total. The number of rotatable bonds is 3. The first-order valence-electron chi connectivity index (χ1n) is 7.86. The summed E-state index contributed by atoms with van der Waals surface area (Å²) < 4.78 is 17.3. The first kappa shape index (κ1) is 13.8. The molecule has 0 amide bonds. The quantitative estimate of drug-likeness (QED) is 0.849. The maximum Gasteiger partial charge on any atom is 0.0729 e. The molecule has 3 rings (SSSR count). The lowest BCUT2D eigenvalue weighted by atomic mass is 9.77. The van der Waals surface area contributed by atoms with E-state index in [1.807, 2.05) is 0 Å². The molecule has 4 nitrogen and oxygen atoms in total. The second kappa shape index (κ2) is 6.08. The summed E-state index contributed by atoms with van der Waals surface area (Å²) in [6.45, 7) is 3.47. The highest BCUT2D eigenvalue weighted by atomic mass is 16.5. The average Bonchev–Trinajstić information content (AvgIpc) is 2.92. The molecular formula is C15H27NO3. The third-order valence-corrected chi connectivity index (χ3v) is 5.10. The first-order chi connectivity index (χ1) is 9.27. The van der Waals surface area contributed by atoms with E-state index in [9.17, 15) is 0 Å². The minimum Gasteiger partial charge on any atom is -0.381 e.